The van der Waals surface area contributed by atoms with Crippen LogP contribution in [0, 0.1) is 5.41 Å². The molecule has 1 aliphatic rings. The molecule has 0 atom stereocenters. The third kappa shape index (κ3) is 7.40. The lowest BCUT2D eigenvalue weighted by molar-refractivity contribution is -0.140. The van der Waals surface area contributed by atoms with Crippen LogP contribution in [0.15, 0.2) is 83.0 Å². The summed E-state index contributed by atoms with van der Waals surface area (Å²) in [6.45, 7) is 10.4. The van der Waals surface area contributed by atoms with E-state index >= 15 is 0 Å². The number of esters is 1. The van der Waals surface area contributed by atoms with Crippen molar-refractivity contribution in [2.75, 3.05) is 0 Å². The van der Waals surface area contributed by atoms with Gasteiger partial charge in [-0.2, -0.15) is 13.2 Å². The third-order valence-corrected chi connectivity index (χ3v) is 5.52. The van der Waals surface area contributed by atoms with Crippen molar-refractivity contribution in [1.29, 1.82) is 0 Å². The Kier molecular flexibility index (Phi) is 8.48. The van der Waals surface area contributed by atoms with E-state index in [-0.39, 0.29) is 5.41 Å². The monoisotopic (exact) mass is 444 g/mol. The molecular weight excluding hydrogens is 413 g/mol. The Morgan fingerprint density at radius 3 is 2.44 bits per heavy atom. The molecule has 32 heavy (non-hydrogen) atoms. The van der Waals surface area contributed by atoms with E-state index < -0.39 is 23.5 Å². The topological polar surface area (TPSA) is 26.3 Å². The fraction of sp³-hybridized carbons (Fsp3) is 0.370. The second-order valence-corrected chi connectivity index (χ2v) is 8.84. The molecule has 0 fully saturated rings. The molecule has 0 aromatic heterocycles. The normalized spacial score (nSPS) is 18.0. The number of halogens is 3. The molecule has 0 N–H and O–H groups in total. The summed E-state index contributed by atoms with van der Waals surface area (Å²) in [6.07, 6.45) is 9.82. The second kappa shape index (κ2) is 10.7. The molecule has 1 aromatic rings. The van der Waals surface area contributed by atoms with Gasteiger partial charge in [0.15, 0.2) is 0 Å². The predicted octanol–water partition coefficient (Wildman–Crippen LogP) is 8.14. The van der Waals surface area contributed by atoms with Crippen molar-refractivity contribution >= 4 is 5.97 Å². The molecule has 0 heterocycles. The van der Waals surface area contributed by atoms with E-state index in [2.05, 4.69) is 32.9 Å². The number of allylic oxidation sites excluding steroid dienone is 9. The minimum Gasteiger partial charge on any atom is -0.423 e. The summed E-state index contributed by atoms with van der Waals surface area (Å²) in [5.41, 5.74) is 3.65. The van der Waals surface area contributed by atoms with Gasteiger partial charge in [0.2, 0.25) is 0 Å². The second-order valence-electron chi connectivity index (χ2n) is 8.84. The van der Waals surface area contributed by atoms with E-state index in [4.69, 9.17) is 4.74 Å². The first-order valence-electron chi connectivity index (χ1n) is 10.7. The first-order chi connectivity index (χ1) is 14.9. The number of hydrogen-bond donors (Lipinski definition) is 0. The molecule has 0 spiro atoms. The van der Waals surface area contributed by atoms with Gasteiger partial charge in [-0.3, -0.25) is 0 Å². The zero-order valence-corrected chi connectivity index (χ0v) is 19.3. The number of benzene rings is 1. The maximum absolute atomic E-state index is 13.0. The molecule has 2 nitrogen and oxygen atoms in total. The maximum atomic E-state index is 13.0. The van der Waals surface area contributed by atoms with Crippen LogP contribution in [0.2, 0.25) is 0 Å². The highest BCUT2D eigenvalue weighted by Gasteiger charge is 2.34. The van der Waals surface area contributed by atoms with Gasteiger partial charge in [0.05, 0.1) is 5.56 Å². The number of para-hydroxylation sites is 1. The Bertz CT molecular complexity index is 986. The Balaban J connectivity index is 2.03. The van der Waals surface area contributed by atoms with Crippen molar-refractivity contribution < 1.29 is 22.7 Å². The molecule has 0 amide bonds. The summed E-state index contributed by atoms with van der Waals surface area (Å²) in [5, 5.41) is 0. The summed E-state index contributed by atoms with van der Waals surface area (Å²) < 4.78 is 44.0. The highest BCUT2D eigenvalue weighted by Crippen LogP contribution is 2.40. The van der Waals surface area contributed by atoms with Crippen LogP contribution in [0.4, 0.5) is 13.2 Å². The smallest absolute Gasteiger partial charge is 0.419 e. The number of carbonyl (C=O) groups excluding carboxylic acids is 1. The van der Waals surface area contributed by atoms with Gasteiger partial charge in [-0.15, -0.1) is 0 Å². The average molecular weight is 445 g/mol. The van der Waals surface area contributed by atoms with Crippen LogP contribution < -0.4 is 4.74 Å². The number of hydrogen-bond acceptors (Lipinski definition) is 2. The number of rotatable bonds is 6. The Morgan fingerprint density at radius 1 is 1.09 bits per heavy atom. The van der Waals surface area contributed by atoms with Gasteiger partial charge >= 0.3 is 12.1 Å². The quantitative estimate of drug-likeness (QED) is 0.192. The van der Waals surface area contributed by atoms with E-state index in [1.54, 1.807) is 19.1 Å². The van der Waals surface area contributed by atoms with E-state index in [0.29, 0.717) is 5.57 Å². The van der Waals surface area contributed by atoms with E-state index in [0.717, 1.165) is 24.1 Å². The van der Waals surface area contributed by atoms with Crippen LogP contribution in [0.3, 0.4) is 0 Å². The molecule has 2 rings (SSSR count). The molecule has 0 bridgehead atoms. The van der Waals surface area contributed by atoms with Crippen LogP contribution in [0.1, 0.15) is 59.4 Å². The molecule has 5 heteroatoms. The molecule has 0 saturated heterocycles. The van der Waals surface area contributed by atoms with Gasteiger partial charge in [-0.25, -0.2) is 4.79 Å². The Hall–Kier alpha value is -2.82. The number of carbonyl (C=O) groups is 1. The molecular formula is C27H31F3O2. The van der Waals surface area contributed by atoms with Gasteiger partial charge in [0.25, 0.3) is 0 Å². The molecule has 1 aliphatic carbocycles. The fourth-order valence-corrected chi connectivity index (χ4v) is 3.79. The van der Waals surface area contributed by atoms with E-state index in [9.17, 15) is 18.0 Å². The Labute approximate surface area is 188 Å². The average Bonchev–Trinajstić information content (AvgIpc) is 2.66. The third-order valence-electron chi connectivity index (χ3n) is 5.52. The van der Waals surface area contributed by atoms with Gasteiger partial charge in [0.1, 0.15) is 5.75 Å². The standard InChI is InChI=1S/C27H31F3O2/c1-19(15-16-22-21(3)12-9-17-26(22,4)5)10-8-11-20(2)18-25(31)32-24-14-7-6-13-23(24)27(28,29)30/h6-8,10-11,13-16,18H,9,12,17H2,1-5H3. The van der Waals surface area contributed by atoms with Crippen molar-refractivity contribution in [3.63, 3.8) is 0 Å². The van der Waals surface area contributed by atoms with Crippen LogP contribution in [-0.4, -0.2) is 5.97 Å². The van der Waals surface area contributed by atoms with Crippen LogP contribution in [-0.2, 0) is 11.0 Å². The lowest BCUT2D eigenvalue weighted by Gasteiger charge is -2.32. The highest BCUT2D eigenvalue weighted by atomic mass is 19.4. The van der Waals surface area contributed by atoms with Gasteiger partial charge in [-0.05, 0) is 68.7 Å². The summed E-state index contributed by atoms with van der Waals surface area (Å²) >= 11 is 0. The zero-order chi connectivity index (χ0) is 23.9. The molecule has 0 radical (unpaired) electrons. The molecule has 172 valence electrons. The molecule has 0 aliphatic heterocycles. The van der Waals surface area contributed by atoms with Gasteiger partial charge in [-0.1, -0.05) is 67.5 Å². The zero-order valence-electron chi connectivity index (χ0n) is 19.3. The van der Waals surface area contributed by atoms with E-state index in [1.165, 1.54) is 42.2 Å². The largest absolute Gasteiger partial charge is 0.423 e. The maximum Gasteiger partial charge on any atom is 0.419 e. The van der Waals surface area contributed by atoms with Gasteiger partial charge < -0.3 is 4.74 Å². The SMILES string of the molecule is CC(C=CC1=C(C)CCCC1(C)C)=CC=CC(C)=CC(=O)Oc1ccccc1C(F)(F)F. The molecule has 0 saturated carbocycles. The number of ether oxygens (including phenoxy) is 1. The minimum absolute atomic E-state index is 0.180. The Morgan fingerprint density at radius 2 is 1.78 bits per heavy atom. The summed E-state index contributed by atoms with van der Waals surface area (Å²) in [5.74, 6) is -1.36. The summed E-state index contributed by atoms with van der Waals surface area (Å²) in [4.78, 5) is 12.0. The van der Waals surface area contributed by atoms with Gasteiger partial charge in [0, 0.05) is 6.08 Å². The summed E-state index contributed by atoms with van der Waals surface area (Å²) in [7, 11) is 0. The number of alkyl halides is 3. The van der Waals surface area contributed by atoms with Crippen molar-refractivity contribution in [1.82, 2.24) is 0 Å². The first-order valence-corrected chi connectivity index (χ1v) is 10.7. The van der Waals surface area contributed by atoms with Crippen molar-refractivity contribution in [2.24, 2.45) is 5.41 Å². The summed E-state index contributed by atoms with van der Waals surface area (Å²) in [6, 6.07) is 4.65. The molecule has 0 unspecified atom stereocenters. The molecule has 1 aromatic carbocycles. The predicted molar refractivity (Wildman–Crippen MR) is 123 cm³/mol. The van der Waals surface area contributed by atoms with Crippen molar-refractivity contribution in [2.45, 2.75) is 60.1 Å². The van der Waals surface area contributed by atoms with Crippen LogP contribution >= 0.6 is 0 Å². The fourth-order valence-electron chi connectivity index (χ4n) is 3.79. The van der Waals surface area contributed by atoms with Crippen LogP contribution in [0.5, 0.6) is 5.75 Å². The highest BCUT2D eigenvalue weighted by molar-refractivity contribution is 5.85. The first kappa shape index (κ1) is 25.4. The van der Waals surface area contributed by atoms with Crippen molar-refractivity contribution in [3.05, 3.63) is 88.6 Å². The minimum atomic E-state index is -4.59. The van der Waals surface area contributed by atoms with Crippen molar-refractivity contribution in [3.8, 4) is 5.75 Å². The lowest BCUT2D eigenvalue weighted by atomic mass is 9.72. The lowest BCUT2D eigenvalue weighted by Crippen LogP contribution is -2.19. The van der Waals surface area contributed by atoms with E-state index in [1.807, 2.05) is 13.0 Å². The van der Waals surface area contributed by atoms with Crippen LogP contribution in [0.25, 0.3) is 0 Å².